The third-order valence-electron chi connectivity index (χ3n) is 4.07. The molecule has 0 heterocycles. The van der Waals surface area contributed by atoms with Crippen LogP contribution in [0.25, 0.3) is 0 Å². The number of hydrogen-bond acceptors (Lipinski definition) is 0. The summed E-state index contributed by atoms with van der Waals surface area (Å²) in [4.78, 5) is 0. The van der Waals surface area contributed by atoms with Gasteiger partial charge < -0.3 is 0 Å². The Morgan fingerprint density at radius 3 is 2.82 bits per heavy atom. The zero-order valence-electron chi connectivity index (χ0n) is 10.6. The highest BCUT2D eigenvalue weighted by Gasteiger charge is 2.40. The lowest BCUT2D eigenvalue weighted by Crippen LogP contribution is -2.16. The normalized spacial score (nSPS) is 27.2. The number of rotatable bonds is 2. The first-order chi connectivity index (χ1) is 7.98. The number of fused-ring (bicyclic) bond motifs is 1. The quantitative estimate of drug-likeness (QED) is 0.378. The Bertz CT molecular complexity index is 448. The van der Waals surface area contributed by atoms with Gasteiger partial charge in [0.1, 0.15) is 0 Å². The summed E-state index contributed by atoms with van der Waals surface area (Å²) in [6.45, 7) is 7.03. The first-order valence-electron chi connectivity index (χ1n) is 6.00. The Balaban J connectivity index is 2.46. The molecule has 0 radical (unpaired) electrons. The lowest BCUT2D eigenvalue weighted by atomic mass is 9.78. The number of halogens is 2. The van der Waals surface area contributed by atoms with Crippen molar-refractivity contribution in [3.05, 3.63) is 44.6 Å². The molecule has 0 bridgehead atoms. The van der Waals surface area contributed by atoms with Crippen molar-refractivity contribution in [3.63, 3.8) is 0 Å². The molecule has 2 aliphatic rings. The summed E-state index contributed by atoms with van der Waals surface area (Å²) in [5.74, 6) is 0.628. The minimum atomic E-state index is 0.236. The van der Waals surface area contributed by atoms with Crippen LogP contribution < -0.4 is 0 Å². The van der Waals surface area contributed by atoms with Gasteiger partial charge in [-0.2, -0.15) is 0 Å². The van der Waals surface area contributed by atoms with E-state index in [0.717, 1.165) is 4.43 Å². The van der Waals surface area contributed by atoms with Crippen LogP contribution in [0.2, 0.25) is 0 Å². The molecule has 0 spiro atoms. The Morgan fingerprint density at radius 1 is 1.47 bits per heavy atom. The van der Waals surface area contributed by atoms with E-state index in [1.807, 2.05) is 0 Å². The van der Waals surface area contributed by atoms with Crippen molar-refractivity contribution in [1.29, 1.82) is 0 Å². The predicted molar refractivity (Wildman–Crippen MR) is 92.8 cm³/mol. The van der Waals surface area contributed by atoms with Crippen molar-refractivity contribution in [3.8, 4) is 0 Å². The summed E-state index contributed by atoms with van der Waals surface area (Å²) in [5, 5.41) is 0. The fourth-order valence-corrected chi connectivity index (χ4v) is 3.67. The SMILES string of the molecule is CC1=C(/C=C\CI)C2CC=C(I)C=C2C1(C)C. The summed E-state index contributed by atoms with van der Waals surface area (Å²) in [7, 11) is 0. The lowest BCUT2D eigenvalue weighted by molar-refractivity contribution is 0.520. The Kier molecular flexibility index (Phi) is 4.23. The maximum Gasteiger partial charge on any atom is 0.0179 e. The smallest absolute Gasteiger partial charge is 0.0179 e. The molecule has 0 saturated carbocycles. The van der Waals surface area contributed by atoms with Crippen LogP contribution in [-0.2, 0) is 0 Å². The second kappa shape index (κ2) is 5.19. The van der Waals surface area contributed by atoms with Crippen LogP contribution in [0.5, 0.6) is 0 Å². The highest BCUT2D eigenvalue weighted by molar-refractivity contribution is 14.1. The largest absolute Gasteiger partial charge is 0.0818 e. The molecule has 0 fully saturated rings. The van der Waals surface area contributed by atoms with E-state index in [9.17, 15) is 0 Å². The molecular weight excluding hydrogens is 434 g/mol. The average Bonchev–Trinajstić information content (AvgIpc) is 2.47. The molecule has 0 saturated heterocycles. The molecule has 0 nitrogen and oxygen atoms in total. The Hall–Kier alpha value is 0.420. The summed E-state index contributed by atoms with van der Waals surface area (Å²) in [6, 6.07) is 0. The minimum absolute atomic E-state index is 0.236. The van der Waals surface area contributed by atoms with Crippen LogP contribution in [-0.4, -0.2) is 4.43 Å². The second-order valence-corrected chi connectivity index (χ2v) is 7.37. The predicted octanol–water partition coefficient (Wildman–Crippen LogP) is 5.60. The maximum absolute atomic E-state index is 2.44. The van der Waals surface area contributed by atoms with E-state index in [0.29, 0.717) is 5.92 Å². The van der Waals surface area contributed by atoms with E-state index in [1.54, 1.807) is 16.7 Å². The standard InChI is InChI=1S/C15H18I2/c1-10-12(5-4-8-16)13-7-6-11(17)9-14(13)15(10,2)3/h4-6,9,13H,7-8H2,1-3H3/b5-4-. The van der Waals surface area contributed by atoms with E-state index in [1.165, 1.54) is 10.0 Å². The van der Waals surface area contributed by atoms with Gasteiger partial charge in [-0.3, -0.25) is 0 Å². The van der Waals surface area contributed by atoms with Gasteiger partial charge in [-0.1, -0.05) is 65.8 Å². The lowest BCUT2D eigenvalue weighted by Gasteiger charge is -2.27. The second-order valence-electron chi connectivity index (χ2n) is 5.24. The molecule has 0 N–H and O–H groups in total. The van der Waals surface area contributed by atoms with E-state index in [2.05, 4.69) is 90.3 Å². The van der Waals surface area contributed by atoms with E-state index in [-0.39, 0.29) is 5.41 Å². The summed E-state index contributed by atoms with van der Waals surface area (Å²) in [6.07, 6.45) is 10.6. The van der Waals surface area contributed by atoms with Gasteiger partial charge in [0.05, 0.1) is 0 Å². The molecule has 0 aromatic heterocycles. The molecule has 2 heteroatoms. The Labute approximate surface area is 132 Å². The molecule has 1 atom stereocenters. The first kappa shape index (κ1) is 13.8. The summed E-state index contributed by atoms with van der Waals surface area (Å²) < 4.78 is 2.49. The van der Waals surface area contributed by atoms with Crippen LogP contribution in [0.15, 0.2) is 44.6 Å². The minimum Gasteiger partial charge on any atom is -0.0818 e. The van der Waals surface area contributed by atoms with Crippen molar-refractivity contribution < 1.29 is 0 Å². The first-order valence-corrected chi connectivity index (χ1v) is 8.60. The molecule has 0 amide bonds. The van der Waals surface area contributed by atoms with Gasteiger partial charge in [-0.05, 0) is 47.6 Å². The van der Waals surface area contributed by atoms with Gasteiger partial charge in [0.2, 0.25) is 0 Å². The molecule has 1 unspecified atom stereocenters. The molecule has 0 aromatic rings. The van der Waals surface area contributed by atoms with Crippen LogP contribution in [0.1, 0.15) is 27.2 Å². The number of alkyl halides is 1. The van der Waals surface area contributed by atoms with Crippen molar-refractivity contribution >= 4 is 45.2 Å². The fraction of sp³-hybridized carbons (Fsp3) is 0.467. The van der Waals surface area contributed by atoms with Gasteiger partial charge in [-0.15, -0.1) is 0 Å². The average molecular weight is 452 g/mol. The van der Waals surface area contributed by atoms with Crippen LogP contribution >= 0.6 is 45.2 Å². The third-order valence-corrected chi connectivity index (χ3v) is 5.33. The van der Waals surface area contributed by atoms with Crippen LogP contribution in [0.4, 0.5) is 0 Å². The highest BCUT2D eigenvalue weighted by atomic mass is 127. The van der Waals surface area contributed by atoms with Gasteiger partial charge in [0.25, 0.3) is 0 Å². The molecule has 92 valence electrons. The topological polar surface area (TPSA) is 0 Å². The van der Waals surface area contributed by atoms with Crippen molar-refractivity contribution in [2.24, 2.45) is 11.3 Å². The van der Waals surface area contributed by atoms with Gasteiger partial charge in [-0.25, -0.2) is 0 Å². The molecule has 2 rings (SSSR count). The molecule has 0 aliphatic heterocycles. The maximum atomic E-state index is 2.44. The van der Waals surface area contributed by atoms with Gasteiger partial charge >= 0.3 is 0 Å². The van der Waals surface area contributed by atoms with Crippen LogP contribution in [0, 0.1) is 11.3 Å². The monoisotopic (exact) mass is 452 g/mol. The van der Waals surface area contributed by atoms with Gasteiger partial charge in [0.15, 0.2) is 0 Å². The van der Waals surface area contributed by atoms with E-state index >= 15 is 0 Å². The molecule has 2 aliphatic carbocycles. The fourth-order valence-electron chi connectivity index (χ4n) is 2.83. The van der Waals surface area contributed by atoms with Crippen LogP contribution in [0.3, 0.4) is 0 Å². The van der Waals surface area contributed by atoms with Crippen molar-refractivity contribution in [2.75, 3.05) is 4.43 Å². The summed E-state index contributed by atoms with van der Waals surface area (Å²) >= 11 is 4.84. The molecule has 0 aromatic carbocycles. The van der Waals surface area contributed by atoms with Crippen molar-refractivity contribution in [1.82, 2.24) is 0 Å². The summed E-state index contributed by atoms with van der Waals surface area (Å²) in [5.41, 5.74) is 4.95. The number of allylic oxidation sites excluding steroid dienone is 8. The zero-order chi connectivity index (χ0) is 12.6. The molecular formula is C15H18I2. The van der Waals surface area contributed by atoms with Crippen molar-refractivity contribution in [2.45, 2.75) is 27.2 Å². The third kappa shape index (κ3) is 2.44. The Morgan fingerprint density at radius 2 is 2.18 bits per heavy atom. The van der Waals surface area contributed by atoms with E-state index in [4.69, 9.17) is 0 Å². The highest BCUT2D eigenvalue weighted by Crippen LogP contribution is 2.53. The van der Waals surface area contributed by atoms with E-state index < -0.39 is 0 Å². The van der Waals surface area contributed by atoms with Gasteiger partial charge in [0, 0.05) is 19.3 Å². The zero-order valence-corrected chi connectivity index (χ0v) is 14.9. The number of hydrogen-bond donors (Lipinski definition) is 0. The molecule has 17 heavy (non-hydrogen) atoms.